The molecule has 0 aromatic rings. The number of hydrogen-bond donors (Lipinski definition) is 3. The minimum Gasteiger partial charge on any atom is -0.343 e. The maximum Gasteiger partial charge on any atom is 0.393 e. The van der Waals surface area contributed by atoms with E-state index in [-0.39, 0.29) is 102 Å². The SMILES string of the molecule is CC[C@H](C)[C@@H]1NC(=O)[C@H](CC(C)C)N(C)C(=O)C[C@@H](C(=O)N2CCCCC2)N(C)C(=O)[C@H](CCCCC(F)F)N(C)C(=O)C2(CCCC2)NC(=O)[C@@H]2CCCN2C(=O)[C@H](CCC2CCC(C(F)(F)F)C(Cl)C2)NC(=O)CN(C)C(=O)[C@H](CC2CCCCC2)N(C)C(=O)CN(C)C(=O)CN(C)C1=O. The van der Waals surface area contributed by atoms with Crippen molar-refractivity contribution in [1.29, 1.82) is 0 Å². The molecule has 3 saturated carbocycles. The fourth-order valence-electron chi connectivity index (χ4n) is 15.9. The lowest BCUT2D eigenvalue weighted by Gasteiger charge is -2.41. The van der Waals surface area contributed by atoms with E-state index in [4.69, 9.17) is 11.6 Å². The first-order valence-corrected chi connectivity index (χ1v) is 37.7. The summed E-state index contributed by atoms with van der Waals surface area (Å²) >= 11 is 6.39. The van der Waals surface area contributed by atoms with Gasteiger partial charge < -0.3 is 60.0 Å². The Morgan fingerprint density at radius 3 is 1.81 bits per heavy atom. The van der Waals surface area contributed by atoms with Gasteiger partial charge in [-0.3, -0.25) is 57.5 Å². The van der Waals surface area contributed by atoms with Gasteiger partial charge in [0.25, 0.3) is 0 Å². The number of nitrogens with zero attached hydrogens (tertiary/aromatic N) is 9. The number of fused-ring (bicyclic) bond motifs is 1. The van der Waals surface area contributed by atoms with Crippen molar-refractivity contribution in [2.45, 2.75) is 267 Å². The lowest BCUT2D eigenvalue weighted by Crippen LogP contribution is -2.64. The Balaban J connectivity index is 1.43. The molecule has 3 saturated heterocycles. The summed E-state index contributed by atoms with van der Waals surface area (Å²) in [5.41, 5.74) is -1.68. The van der Waals surface area contributed by atoms with Gasteiger partial charge in [0.2, 0.25) is 77.3 Å². The van der Waals surface area contributed by atoms with E-state index in [2.05, 4.69) is 16.0 Å². The number of rotatable bonds is 15. The summed E-state index contributed by atoms with van der Waals surface area (Å²) in [5, 5.41) is 7.40. The largest absolute Gasteiger partial charge is 0.393 e. The quantitative estimate of drug-likeness (QED) is 0.0875. The van der Waals surface area contributed by atoms with Gasteiger partial charge in [-0.1, -0.05) is 85.5 Å². The molecule has 6 rings (SSSR count). The fourth-order valence-corrected chi connectivity index (χ4v) is 16.4. The molecule has 30 heteroatoms. The van der Waals surface area contributed by atoms with Gasteiger partial charge in [-0.15, -0.1) is 11.6 Å². The van der Waals surface area contributed by atoms with Crippen LogP contribution in [0.15, 0.2) is 0 Å². The van der Waals surface area contributed by atoms with Crippen LogP contribution in [0.1, 0.15) is 201 Å². The van der Waals surface area contributed by atoms with Crippen LogP contribution in [0.25, 0.3) is 0 Å². The van der Waals surface area contributed by atoms with Gasteiger partial charge in [0.05, 0.1) is 32.0 Å². The molecule has 578 valence electrons. The average molecular weight is 1470 g/mol. The molecule has 3 N–H and O–H groups in total. The third-order valence-corrected chi connectivity index (χ3v) is 23.1. The van der Waals surface area contributed by atoms with Crippen LogP contribution in [-0.4, -0.2) is 269 Å². The number of hydrogen-bond acceptors (Lipinski definition) is 12. The van der Waals surface area contributed by atoms with Gasteiger partial charge in [0.15, 0.2) is 0 Å². The lowest BCUT2D eigenvalue weighted by atomic mass is 9.78. The standard InChI is InChI=1S/C72H116ClF5N12O12/c1-12-46(4)62-69(101)84(7)43-60(93)82(5)44-61(94)86(9)55(40-47-24-15-13-16-25-47)66(98)83(6)42-58(91)79-51(32-30-48-29-31-49(50(73)39-48)72(76,77)78)65(97)90-37-23-27-52(90)64(96)81-71(33-19-20-34-71)70(102)88(11)53(26-17-18-28-57(74)75)67(99)87(10)56(68(100)89-35-21-14-22-36-89)41-59(92)85(8)54(38-45(2)3)63(95)80-62/h45-57,62H,12-44H2,1-11H3,(H,79,91)(H,80,95)(H,81,96)/t46-,48?,49?,50?,51-,52-,53-,54-,55-,56-,62-/m0/s1. The van der Waals surface area contributed by atoms with Gasteiger partial charge in [-0.25, -0.2) is 8.78 Å². The highest BCUT2D eigenvalue weighted by Crippen LogP contribution is 2.44. The molecule has 0 radical (unpaired) electrons. The maximum absolute atomic E-state index is 15.5. The zero-order valence-electron chi connectivity index (χ0n) is 62.1. The molecule has 3 aliphatic heterocycles. The van der Waals surface area contributed by atoms with Crippen LogP contribution in [0.2, 0.25) is 0 Å². The molecule has 0 aromatic carbocycles. The molecule has 102 heavy (non-hydrogen) atoms. The number of amides is 12. The summed E-state index contributed by atoms with van der Waals surface area (Å²) in [6.07, 6.45) is -0.230. The third-order valence-electron chi connectivity index (χ3n) is 22.6. The molecule has 0 bridgehead atoms. The Hall–Kier alpha value is -6.42. The van der Waals surface area contributed by atoms with E-state index in [1.165, 1.54) is 64.0 Å². The second-order valence-corrected chi connectivity index (χ2v) is 31.2. The van der Waals surface area contributed by atoms with Crippen molar-refractivity contribution in [3.63, 3.8) is 0 Å². The van der Waals surface area contributed by atoms with E-state index in [0.717, 1.165) is 63.0 Å². The molecule has 6 fully saturated rings. The van der Waals surface area contributed by atoms with Gasteiger partial charge >= 0.3 is 6.18 Å². The van der Waals surface area contributed by atoms with Crippen LogP contribution in [0.5, 0.6) is 0 Å². The van der Waals surface area contributed by atoms with Crippen LogP contribution in [-0.2, 0) is 57.5 Å². The van der Waals surface area contributed by atoms with E-state index < -0.39 is 187 Å². The van der Waals surface area contributed by atoms with Crippen molar-refractivity contribution in [2.75, 3.05) is 88.6 Å². The zero-order valence-corrected chi connectivity index (χ0v) is 62.9. The van der Waals surface area contributed by atoms with Crippen LogP contribution in [0, 0.1) is 29.6 Å². The van der Waals surface area contributed by atoms with Crippen LogP contribution in [0.3, 0.4) is 0 Å². The average Bonchev–Trinajstić information content (AvgIpc) is 1.44. The molecule has 3 heterocycles. The predicted molar refractivity (Wildman–Crippen MR) is 372 cm³/mol. The topological polar surface area (TPSA) is 270 Å². The molecule has 3 aliphatic carbocycles. The van der Waals surface area contributed by atoms with Gasteiger partial charge in [-0.2, -0.15) is 13.2 Å². The molecule has 1 spiro atoms. The minimum atomic E-state index is -4.53. The summed E-state index contributed by atoms with van der Waals surface area (Å²) in [6.45, 7) is 6.12. The molecule has 3 unspecified atom stereocenters. The Morgan fingerprint density at radius 2 is 1.21 bits per heavy atom. The maximum atomic E-state index is 15.5. The highest BCUT2D eigenvalue weighted by Gasteiger charge is 2.51. The van der Waals surface area contributed by atoms with Gasteiger partial charge in [0, 0.05) is 80.8 Å². The molecular formula is C72H116ClF5N12O12. The Kier molecular flexibility index (Phi) is 31.9. The monoisotopic (exact) mass is 1470 g/mol. The number of likely N-dealkylation sites (N-methyl/N-ethyl adjacent to an activating group) is 7. The number of piperidine rings is 1. The fraction of sp³-hybridized carbons (Fsp3) is 0.833. The Labute approximate surface area is 604 Å². The van der Waals surface area contributed by atoms with Crippen LogP contribution < -0.4 is 16.0 Å². The molecule has 6 aliphatic rings. The second-order valence-electron chi connectivity index (χ2n) is 30.6. The smallest absolute Gasteiger partial charge is 0.343 e. The van der Waals surface area contributed by atoms with Crippen LogP contribution >= 0.6 is 11.6 Å². The number of likely N-dealkylation sites (tertiary alicyclic amines) is 1. The first-order valence-electron chi connectivity index (χ1n) is 37.3. The summed E-state index contributed by atoms with van der Waals surface area (Å²) in [7, 11) is 9.61. The first kappa shape index (κ1) is 84.5. The number of nitrogens with one attached hydrogen (secondary N) is 3. The number of carbonyl (C=O) groups is 12. The van der Waals surface area contributed by atoms with E-state index in [9.17, 15) is 55.5 Å². The normalized spacial score (nSPS) is 28.7. The van der Waals surface area contributed by atoms with E-state index in [0.29, 0.717) is 51.6 Å². The van der Waals surface area contributed by atoms with Crippen LogP contribution in [0.4, 0.5) is 22.0 Å². The molecular weight excluding hydrogens is 1360 g/mol. The van der Waals surface area contributed by atoms with Crippen molar-refractivity contribution < 1.29 is 79.5 Å². The summed E-state index contributed by atoms with van der Waals surface area (Å²) in [5.74, 6) is -11.2. The zero-order chi connectivity index (χ0) is 75.7. The summed E-state index contributed by atoms with van der Waals surface area (Å²) in [4.78, 5) is 190. The number of alkyl halides is 6. The van der Waals surface area contributed by atoms with Crippen molar-refractivity contribution in [3.8, 4) is 0 Å². The van der Waals surface area contributed by atoms with Crippen molar-refractivity contribution in [3.05, 3.63) is 0 Å². The molecule has 0 aromatic heterocycles. The summed E-state index contributed by atoms with van der Waals surface area (Å²) < 4.78 is 69.5. The van der Waals surface area contributed by atoms with Crippen molar-refractivity contribution in [1.82, 2.24) is 60.0 Å². The van der Waals surface area contributed by atoms with Gasteiger partial charge in [-0.05, 0) is 126 Å². The van der Waals surface area contributed by atoms with Gasteiger partial charge in [0.1, 0.15) is 47.8 Å². The summed E-state index contributed by atoms with van der Waals surface area (Å²) in [6, 6.07) is -9.20. The lowest BCUT2D eigenvalue weighted by molar-refractivity contribution is -0.182. The van der Waals surface area contributed by atoms with Crippen molar-refractivity contribution >= 4 is 82.5 Å². The highest BCUT2D eigenvalue weighted by atomic mass is 35.5. The number of halogens is 6. The first-order chi connectivity index (χ1) is 48.0. The minimum absolute atomic E-state index is 0.0110. The Bertz CT molecular complexity index is 2920. The number of carbonyl (C=O) groups excluding carboxylic acids is 12. The van der Waals surface area contributed by atoms with E-state index in [1.54, 1.807) is 11.8 Å². The van der Waals surface area contributed by atoms with E-state index >= 15 is 24.0 Å². The highest BCUT2D eigenvalue weighted by molar-refractivity contribution is 6.21. The molecule has 12 amide bonds. The van der Waals surface area contributed by atoms with E-state index in [1.807, 2.05) is 20.8 Å². The molecule has 24 nitrogen and oxygen atoms in total. The third kappa shape index (κ3) is 22.6. The Morgan fingerprint density at radius 1 is 0.588 bits per heavy atom. The second kappa shape index (κ2) is 38.5. The number of unbranched alkanes of at least 4 members (excludes halogenated alkanes) is 1. The van der Waals surface area contributed by atoms with Crippen molar-refractivity contribution in [2.24, 2.45) is 29.6 Å². The predicted octanol–water partition coefficient (Wildman–Crippen LogP) is 6.73. The molecule has 11 atom stereocenters.